The highest BCUT2D eigenvalue weighted by Gasteiger charge is 2.33. The second-order valence-electron chi connectivity index (χ2n) is 4.19. The third-order valence-corrected chi connectivity index (χ3v) is 2.62. The van der Waals surface area contributed by atoms with Crippen molar-refractivity contribution in [3.8, 4) is 0 Å². The molecule has 0 atom stereocenters. The van der Waals surface area contributed by atoms with Crippen molar-refractivity contribution in [3.05, 3.63) is 23.4 Å². The van der Waals surface area contributed by atoms with E-state index in [4.69, 9.17) is 16.2 Å². The van der Waals surface area contributed by atoms with Crippen LogP contribution in [0.4, 0.5) is 19.0 Å². The lowest BCUT2D eigenvalue weighted by atomic mass is 10.2. The van der Waals surface area contributed by atoms with E-state index in [0.717, 1.165) is 12.1 Å². The number of nitrogens with zero attached hydrogens (tertiary/aromatic N) is 2. The number of amidine groups is 1. The molecule has 0 unspecified atom stereocenters. The number of nitrogens with two attached hydrogens (primary N) is 1. The van der Waals surface area contributed by atoms with E-state index in [1.165, 1.54) is 4.90 Å². The van der Waals surface area contributed by atoms with Gasteiger partial charge in [-0.2, -0.15) is 13.2 Å². The van der Waals surface area contributed by atoms with Crippen molar-refractivity contribution < 1.29 is 18.3 Å². The zero-order chi connectivity index (χ0) is 15.3. The Kier molecular flexibility index (Phi) is 5.32. The molecule has 1 aromatic heterocycles. The van der Waals surface area contributed by atoms with E-state index in [1.54, 1.807) is 0 Å². The smallest absolute Gasteiger partial charge is 0.395 e. The minimum Gasteiger partial charge on any atom is -0.395 e. The molecule has 0 amide bonds. The monoisotopic (exact) mass is 290 g/mol. The third-order valence-electron chi connectivity index (χ3n) is 2.62. The van der Waals surface area contributed by atoms with Crippen LogP contribution in [0.1, 0.15) is 24.6 Å². The molecule has 1 heterocycles. The minimum atomic E-state index is -4.57. The molecular formula is C12H17F3N4O. The molecule has 0 spiro atoms. The van der Waals surface area contributed by atoms with Gasteiger partial charge in [-0.05, 0) is 18.6 Å². The number of pyridine rings is 1. The highest BCUT2D eigenvalue weighted by molar-refractivity contribution is 5.99. The molecule has 0 aliphatic heterocycles. The van der Waals surface area contributed by atoms with Gasteiger partial charge in [-0.25, -0.2) is 4.98 Å². The van der Waals surface area contributed by atoms with Gasteiger partial charge in [-0.1, -0.05) is 6.92 Å². The van der Waals surface area contributed by atoms with Gasteiger partial charge in [0, 0.05) is 13.1 Å². The molecule has 0 saturated heterocycles. The Balaban J connectivity index is 3.33. The van der Waals surface area contributed by atoms with Crippen LogP contribution in [0.3, 0.4) is 0 Å². The Bertz CT molecular complexity index is 470. The fourth-order valence-corrected chi connectivity index (χ4v) is 1.77. The number of hydrogen-bond donors (Lipinski definition) is 3. The second-order valence-corrected chi connectivity index (χ2v) is 4.19. The van der Waals surface area contributed by atoms with Crippen molar-refractivity contribution >= 4 is 11.7 Å². The first-order chi connectivity index (χ1) is 9.31. The SMILES string of the molecule is CCCN(CCO)c1nc(C(F)(F)F)ccc1C(=N)N. The van der Waals surface area contributed by atoms with Crippen molar-refractivity contribution in [2.24, 2.45) is 5.73 Å². The minimum absolute atomic E-state index is 0.0248. The van der Waals surface area contributed by atoms with Crippen molar-refractivity contribution in [1.29, 1.82) is 5.41 Å². The zero-order valence-electron chi connectivity index (χ0n) is 11.0. The van der Waals surface area contributed by atoms with E-state index >= 15 is 0 Å². The average Bonchev–Trinajstić information content (AvgIpc) is 2.36. The second kappa shape index (κ2) is 6.56. The largest absolute Gasteiger partial charge is 0.433 e. The molecule has 0 bridgehead atoms. The van der Waals surface area contributed by atoms with Gasteiger partial charge in [-0.3, -0.25) is 5.41 Å². The first kappa shape index (κ1) is 16.2. The fourth-order valence-electron chi connectivity index (χ4n) is 1.77. The lowest BCUT2D eigenvalue weighted by Gasteiger charge is -2.25. The number of nitrogen functional groups attached to an aromatic ring is 1. The standard InChI is InChI=1S/C12H17F3N4O/c1-2-5-19(6-7-20)11-8(10(16)17)3-4-9(18-11)12(13,14)15/h3-4,20H,2,5-7H2,1H3,(H3,16,17). The normalized spacial score (nSPS) is 11.4. The number of nitrogens with one attached hydrogen (secondary N) is 1. The van der Waals surface area contributed by atoms with Gasteiger partial charge < -0.3 is 15.7 Å². The molecule has 112 valence electrons. The number of aliphatic hydroxyl groups excluding tert-OH is 1. The maximum Gasteiger partial charge on any atom is 0.433 e. The highest BCUT2D eigenvalue weighted by atomic mass is 19.4. The summed E-state index contributed by atoms with van der Waals surface area (Å²) in [6.07, 6.45) is -3.91. The lowest BCUT2D eigenvalue weighted by Crippen LogP contribution is -2.31. The Morgan fingerprint density at radius 1 is 1.40 bits per heavy atom. The van der Waals surface area contributed by atoms with E-state index in [1.807, 2.05) is 6.92 Å². The van der Waals surface area contributed by atoms with E-state index < -0.39 is 11.9 Å². The first-order valence-electron chi connectivity index (χ1n) is 6.09. The van der Waals surface area contributed by atoms with Gasteiger partial charge in [0.25, 0.3) is 0 Å². The Morgan fingerprint density at radius 3 is 2.50 bits per heavy atom. The molecule has 0 saturated carbocycles. The number of rotatable bonds is 6. The van der Waals surface area contributed by atoms with Crippen molar-refractivity contribution in [1.82, 2.24) is 4.98 Å². The average molecular weight is 290 g/mol. The predicted octanol–water partition coefficient (Wildman–Crippen LogP) is 1.59. The number of alkyl halides is 3. The van der Waals surface area contributed by atoms with Crippen molar-refractivity contribution in [2.45, 2.75) is 19.5 Å². The number of halogens is 3. The van der Waals surface area contributed by atoms with Gasteiger partial charge in [0.2, 0.25) is 0 Å². The Morgan fingerprint density at radius 2 is 2.05 bits per heavy atom. The summed E-state index contributed by atoms with van der Waals surface area (Å²) in [7, 11) is 0. The molecule has 0 fully saturated rings. The van der Waals surface area contributed by atoms with E-state index in [9.17, 15) is 13.2 Å². The molecule has 0 radical (unpaired) electrons. The zero-order valence-corrected chi connectivity index (χ0v) is 11.0. The van der Waals surface area contributed by atoms with Crippen LogP contribution in [0.25, 0.3) is 0 Å². The maximum atomic E-state index is 12.7. The summed E-state index contributed by atoms with van der Waals surface area (Å²) in [6, 6.07) is 1.93. The number of aromatic nitrogens is 1. The summed E-state index contributed by atoms with van der Waals surface area (Å²) < 4.78 is 38.2. The molecule has 0 aliphatic carbocycles. The molecule has 4 N–H and O–H groups in total. The predicted molar refractivity (Wildman–Crippen MR) is 69.8 cm³/mol. The summed E-state index contributed by atoms with van der Waals surface area (Å²) in [5, 5.41) is 16.4. The van der Waals surface area contributed by atoms with E-state index in [0.29, 0.717) is 13.0 Å². The van der Waals surface area contributed by atoms with E-state index in [-0.39, 0.29) is 30.4 Å². The summed E-state index contributed by atoms with van der Waals surface area (Å²) >= 11 is 0. The quantitative estimate of drug-likeness (QED) is 0.548. The molecule has 8 heteroatoms. The first-order valence-corrected chi connectivity index (χ1v) is 6.09. The van der Waals surface area contributed by atoms with Crippen LogP contribution in [0, 0.1) is 5.41 Å². The van der Waals surface area contributed by atoms with Gasteiger partial charge in [-0.15, -0.1) is 0 Å². The van der Waals surface area contributed by atoms with Gasteiger partial charge in [0.15, 0.2) is 0 Å². The number of aliphatic hydroxyl groups is 1. The molecule has 0 aliphatic rings. The number of hydrogen-bond acceptors (Lipinski definition) is 4. The molecule has 20 heavy (non-hydrogen) atoms. The van der Waals surface area contributed by atoms with Crippen molar-refractivity contribution in [3.63, 3.8) is 0 Å². The van der Waals surface area contributed by atoms with Gasteiger partial charge in [0.05, 0.1) is 12.2 Å². The van der Waals surface area contributed by atoms with E-state index in [2.05, 4.69) is 4.98 Å². The van der Waals surface area contributed by atoms with Crippen LogP contribution in [0.2, 0.25) is 0 Å². The Labute approximate surface area is 114 Å². The molecule has 5 nitrogen and oxygen atoms in total. The topological polar surface area (TPSA) is 86.2 Å². The summed E-state index contributed by atoms with van der Waals surface area (Å²) in [5.74, 6) is -0.386. The summed E-state index contributed by atoms with van der Waals surface area (Å²) in [5.41, 5.74) is 4.46. The van der Waals surface area contributed by atoms with Crippen LogP contribution >= 0.6 is 0 Å². The van der Waals surface area contributed by atoms with Crippen LogP contribution < -0.4 is 10.6 Å². The summed E-state index contributed by atoms with van der Waals surface area (Å²) in [6.45, 7) is 2.16. The summed E-state index contributed by atoms with van der Waals surface area (Å²) in [4.78, 5) is 5.06. The molecular weight excluding hydrogens is 273 g/mol. The van der Waals surface area contributed by atoms with Crippen LogP contribution in [-0.4, -0.2) is 35.6 Å². The molecule has 0 aromatic carbocycles. The van der Waals surface area contributed by atoms with Gasteiger partial charge >= 0.3 is 6.18 Å². The van der Waals surface area contributed by atoms with Crippen LogP contribution in [0.5, 0.6) is 0 Å². The van der Waals surface area contributed by atoms with Crippen molar-refractivity contribution in [2.75, 3.05) is 24.6 Å². The molecule has 1 rings (SSSR count). The Hall–Kier alpha value is -1.83. The van der Waals surface area contributed by atoms with Crippen LogP contribution in [-0.2, 0) is 6.18 Å². The van der Waals surface area contributed by atoms with Crippen LogP contribution in [0.15, 0.2) is 12.1 Å². The number of anilines is 1. The third kappa shape index (κ3) is 3.83. The lowest BCUT2D eigenvalue weighted by molar-refractivity contribution is -0.141. The highest BCUT2D eigenvalue weighted by Crippen LogP contribution is 2.30. The maximum absolute atomic E-state index is 12.7. The van der Waals surface area contributed by atoms with Gasteiger partial charge in [0.1, 0.15) is 17.3 Å². The fraction of sp³-hybridized carbons (Fsp3) is 0.500. The molecule has 1 aromatic rings.